The van der Waals surface area contributed by atoms with Gasteiger partial charge in [-0.25, -0.2) is 8.78 Å². The lowest BCUT2D eigenvalue weighted by atomic mass is 9.74. The van der Waals surface area contributed by atoms with Gasteiger partial charge >= 0.3 is 5.97 Å². The number of carbonyl (C=O) groups is 2. The van der Waals surface area contributed by atoms with Gasteiger partial charge in [-0.2, -0.15) is 0 Å². The van der Waals surface area contributed by atoms with Gasteiger partial charge in [0.1, 0.15) is 23.0 Å². The molecule has 1 atom stereocenters. The quantitative estimate of drug-likeness (QED) is 0.363. The largest absolute Gasteiger partial charge is 0.507 e. The molecule has 1 aliphatic carbocycles. The van der Waals surface area contributed by atoms with Crippen molar-refractivity contribution in [2.75, 3.05) is 7.11 Å². The van der Waals surface area contributed by atoms with Crippen LogP contribution in [0.4, 0.5) is 8.78 Å². The molecule has 4 N–H and O–H groups in total. The van der Waals surface area contributed by atoms with E-state index in [4.69, 9.17) is 10.1 Å². The summed E-state index contributed by atoms with van der Waals surface area (Å²) in [6.45, 7) is -0.358. The fraction of sp³-hybridized carbons (Fsp3) is 0.185. The highest BCUT2D eigenvalue weighted by atomic mass is 19.1. The van der Waals surface area contributed by atoms with Crippen molar-refractivity contribution in [2.24, 2.45) is 0 Å². The number of fused-ring (bicyclic) bond motifs is 1. The van der Waals surface area contributed by atoms with Crippen molar-refractivity contribution < 1.29 is 33.3 Å². The number of aryl methyl sites for hydroxylation is 1. The van der Waals surface area contributed by atoms with Crippen molar-refractivity contribution in [3.05, 3.63) is 112 Å². The van der Waals surface area contributed by atoms with Gasteiger partial charge in [-0.05, 0) is 24.1 Å². The smallest absolute Gasteiger partial charge is 0.305 e. The molecule has 190 valence electrons. The first kappa shape index (κ1) is 25.6. The van der Waals surface area contributed by atoms with Crippen LogP contribution < -0.4 is 5.32 Å². The average molecular weight is 507 g/mol. The molecule has 0 aliphatic heterocycles. The molecule has 1 amide bonds. The zero-order chi connectivity index (χ0) is 26.7. The van der Waals surface area contributed by atoms with Crippen LogP contribution in [0.2, 0.25) is 0 Å². The number of aliphatic hydroxyl groups is 2. The normalized spacial score (nSPS) is 16.8. The van der Waals surface area contributed by atoms with E-state index in [1.165, 1.54) is 31.5 Å². The van der Waals surface area contributed by atoms with Crippen LogP contribution in [-0.2, 0) is 32.9 Å². The third-order valence-corrected chi connectivity index (χ3v) is 6.16. The van der Waals surface area contributed by atoms with E-state index in [2.05, 4.69) is 10.3 Å². The predicted molar refractivity (Wildman–Crippen MR) is 129 cm³/mol. The minimum absolute atomic E-state index is 0.0114. The van der Waals surface area contributed by atoms with Gasteiger partial charge in [-0.1, -0.05) is 36.4 Å². The Morgan fingerprint density at radius 2 is 1.86 bits per heavy atom. The molecule has 3 aromatic rings. The third-order valence-electron chi connectivity index (χ3n) is 6.16. The van der Waals surface area contributed by atoms with E-state index in [0.29, 0.717) is 11.6 Å². The molecule has 4 rings (SSSR count). The molecule has 1 heterocycles. The number of pyridine rings is 1. The number of hydrogen-bond donors (Lipinski definition) is 4. The highest BCUT2D eigenvalue weighted by molar-refractivity contribution is 6.28. The van der Waals surface area contributed by atoms with Crippen LogP contribution in [0, 0.1) is 17.0 Å². The van der Waals surface area contributed by atoms with Crippen LogP contribution in [0.15, 0.2) is 72.1 Å². The van der Waals surface area contributed by atoms with E-state index >= 15 is 0 Å². The molecule has 1 unspecified atom stereocenters. The standard InChI is InChI=1S/C27H23F2N3O5/c1-37-21(33)11-9-15-5-4-12-31-24(15)27(36)19-7-3-2-6-18(19)23(30)22(25(27)34)26(35)32-14-16-8-10-17(28)13-20(16)29/h2-8,10,12-13,30,34,36H,9,11,14H2,1H3,(H,32,35). The molecule has 0 fully saturated rings. The Hall–Kier alpha value is -4.44. The van der Waals surface area contributed by atoms with Gasteiger partial charge in [0.25, 0.3) is 5.91 Å². The van der Waals surface area contributed by atoms with Gasteiger partial charge in [0.2, 0.25) is 0 Å². The number of rotatable bonds is 7. The molecule has 0 radical (unpaired) electrons. The zero-order valence-electron chi connectivity index (χ0n) is 19.7. The fourth-order valence-corrected chi connectivity index (χ4v) is 4.27. The molecule has 2 aromatic carbocycles. The van der Waals surface area contributed by atoms with Crippen molar-refractivity contribution in [3.8, 4) is 0 Å². The van der Waals surface area contributed by atoms with Crippen LogP contribution in [0.5, 0.6) is 0 Å². The number of aliphatic hydroxyl groups excluding tert-OH is 1. The summed E-state index contributed by atoms with van der Waals surface area (Å²) in [5.74, 6) is -3.93. The summed E-state index contributed by atoms with van der Waals surface area (Å²) >= 11 is 0. The Bertz CT molecular complexity index is 1440. The first-order valence-corrected chi connectivity index (χ1v) is 11.3. The van der Waals surface area contributed by atoms with E-state index in [0.717, 1.165) is 6.07 Å². The third kappa shape index (κ3) is 4.70. The Balaban J connectivity index is 1.79. The monoisotopic (exact) mass is 507 g/mol. The highest BCUT2D eigenvalue weighted by Crippen LogP contribution is 2.43. The maximum atomic E-state index is 14.1. The van der Waals surface area contributed by atoms with Gasteiger partial charge in [0.15, 0.2) is 5.60 Å². The Labute approximate surface area is 210 Å². The summed E-state index contributed by atoms with van der Waals surface area (Å²) in [4.78, 5) is 29.2. The van der Waals surface area contributed by atoms with Crippen LogP contribution in [-0.4, -0.2) is 39.9 Å². The van der Waals surface area contributed by atoms with Crippen LogP contribution in [0.3, 0.4) is 0 Å². The Kier molecular flexibility index (Phi) is 7.12. The van der Waals surface area contributed by atoms with Crippen molar-refractivity contribution in [2.45, 2.75) is 25.0 Å². The second kappa shape index (κ2) is 10.3. The number of benzene rings is 2. The summed E-state index contributed by atoms with van der Waals surface area (Å²) in [6.07, 6.45) is 1.49. The second-order valence-electron chi connectivity index (χ2n) is 8.36. The molecular weight excluding hydrogens is 484 g/mol. The van der Waals surface area contributed by atoms with Gasteiger partial charge in [0, 0.05) is 41.9 Å². The molecule has 10 heteroatoms. The second-order valence-corrected chi connectivity index (χ2v) is 8.36. The van der Waals surface area contributed by atoms with Crippen molar-refractivity contribution in [3.63, 3.8) is 0 Å². The summed E-state index contributed by atoms with van der Waals surface area (Å²) in [6, 6.07) is 12.3. The van der Waals surface area contributed by atoms with E-state index < -0.39 is 40.4 Å². The SMILES string of the molecule is COC(=O)CCc1cccnc1C1(O)C(O)=C(C(=O)NCc2ccc(F)cc2F)C(=N)c2ccccc21. The number of hydrogen-bond acceptors (Lipinski definition) is 7. The van der Waals surface area contributed by atoms with E-state index in [-0.39, 0.29) is 47.5 Å². The number of halogens is 2. The number of amides is 1. The molecule has 0 bridgehead atoms. The number of carbonyl (C=O) groups excluding carboxylic acids is 2. The summed E-state index contributed by atoms with van der Waals surface area (Å²) in [5.41, 5.74) is -2.55. The van der Waals surface area contributed by atoms with Crippen molar-refractivity contribution in [1.82, 2.24) is 10.3 Å². The lowest BCUT2D eigenvalue weighted by Crippen LogP contribution is -2.42. The molecule has 1 aromatic heterocycles. The van der Waals surface area contributed by atoms with E-state index in [1.54, 1.807) is 24.3 Å². The lowest BCUT2D eigenvalue weighted by molar-refractivity contribution is -0.140. The highest BCUT2D eigenvalue weighted by Gasteiger charge is 2.48. The molecule has 1 aliphatic rings. The van der Waals surface area contributed by atoms with Gasteiger partial charge in [-0.15, -0.1) is 0 Å². The first-order chi connectivity index (χ1) is 17.7. The molecule has 0 spiro atoms. The lowest BCUT2D eigenvalue weighted by Gasteiger charge is -2.35. The number of methoxy groups -OCH3 is 1. The van der Waals surface area contributed by atoms with Crippen molar-refractivity contribution in [1.29, 1.82) is 5.41 Å². The molecule has 37 heavy (non-hydrogen) atoms. The van der Waals surface area contributed by atoms with Gasteiger partial charge < -0.3 is 20.3 Å². The number of aromatic nitrogens is 1. The topological polar surface area (TPSA) is 133 Å². The number of ether oxygens (including phenoxy) is 1. The molecule has 8 nitrogen and oxygen atoms in total. The Morgan fingerprint density at radius 3 is 2.59 bits per heavy atom. The number of esters is 1. The van der Waals surface area contributed by atoms with E-state index in [1.807, 2.05) is 0 Å². The predicted octanol–water partition coefficient (Wildman–Crippen LogP) is 3.21. The summed E-state index contributed by atoms with van der Waals surface area (Å²) in [5, 5.41) is 34.4. The average Bonchev–Trinajstić information content (AvgIpc) is 2.90. The number of nitrogens with one attached hydrogen (secondary N) is 2. The summed E-state index contributed by atoms with van der Waals surface area (Å²) < 4.78 is 32.0. The first-order valence-electron chi connectivity index (χ1n) is 11.3. The van der Waals surface area contributed by atoms with Gasteiger partial charge in [0.05, 0.1) is 18.5 Å². The van der Waals surface area contributed by atoms with Crippen LogP contribution in [0.25, 0.3) is 0 Å². The maximum Gasteiger partial charge on any atom is 0.305 e. The maximum absolute atomic E-state index is 14.1. The molecule has 0 saturated heterocycles. The van der Waals surface area contributed by atoms with E-state index in [9.17, 15) is 28.6 Å². The van der Waals surface area contributed by atoms with Crippen LogP contribution >= 0.6 is 0 Å². The fourth-order valence-electron chi connectivity index (χ4n) is 4.27. The molecule has 0 saturated carbocycles. The van der Waals surface area contributed by atoms with Gasteiger partial charge in [-0.3, -0.25) is 20.0 Å². The minimum Gasteiger partial charge on any atom is -0.507 e. The van der Waals surface area contributed by atoms with Crippen molar-refractivity contribution >= 4 is 17.6 Å². The molecular formula is C27H23F2N3O5. The Morgan fingerprint density at radius 1 is 1.11 bits per heavy atom. The van der Waals surface area contributed by atoms with Crippen LogP contribution in [0.1, 0.15) is 34.4 Å². The zero-order valence-corrected chi connectivity index (χ0v) is 19.7. The minimum atomic E-state index is -2.33. The summed E-state index contributed by atoms with van der Waals surface area (Å²) in [7, 11) is 1.25. The number of nitrogens with zero attached hydrogens (tertiary/aromatic N) is 1.